The molecule has 1 aliphatic heterocycles. The summed E-state index contributed by atoms with van der Waals surface area (Å²) in [5.41, 5.74) is 10.1. The minimum atomic E-state index is -0.116. The van der Waals surface area contributed by atoms with E-state index in [1.807, 2.05) is 48.2 Å². The van der Waals surface area contributed by atoms with Crippen LogP contribution < -0.4 is 0 Å². The lowest BCUT2D eigenvalue weighted by Crippen LogP contribution is -2.23. The van der Waals surface area contributed by atoms with Crippen LogP contribution in [0.3, 0.4) is 0 Å². The summed E-state index contributed by atoms with van der Waals surface area (Å²) in [7, 11) is 0. The van der Waals surface area contributed by atoms with Crippen molar-refractivity contribution >= 4 is 11.8 Å². The topological polar surface area (TPSA) is 38.7 Å². The number of nitrogens with zero attached hydrogens (tertiary/aromatic N) is 3. The standard InChI is InChI=1S/C42H31N3S/c1-42(2)35-19-11-12-20-37(35)46-38-26-25-32(27-36(38)42)33-17-9-10-18-34(33)41-44-39(30-15-7-4-8-16-30)43-40(45-41)31-23-21-29(22-24-31)28-13-5-3-6-14-28/h3-27H,1-2H3. The Balaban J connectivity index is 1.25. The zero-order chi connectivity index (χ0) is 31.1. The van der Waals surface area contributed by atoms with Gasteiger partial charge in [0, 0.05) is 31.9 Å². The van der Waals surface area contributed by atoms with Crippen molar-refractivity contribution in [1.82, 2.24) is 15.0 Å². The lowest BCUT2D eigenvalue weighted by molar-refractivity contribution is 0.607. The highest BCUT2D eigenvalue weighted by atomic mass is 32.2. The van der Waals surface area contributed by atoms with Crippen LogP contribution in [0.5, 0.6) is 0 Å². The Morgan fingerprint density at radius 3 is 1.59 bits per heavy atom. The average Bonchev–Trinajstić information content (AvgIpc) is 3.12. The van der Waals surface area contributed by atoms with Crippen molar-refractivity contribution in [1.29, 1.82) is 0 Å². The number of fused-ring (bicyclic) bond motifs is 2. The average molecular weight is 610 g/mol. The summed E-state index contributed by atoms with van der Waals surface area (Å²) in [5, 5.41) is 0. The molecule has 1 aliphatic rings. The Labute approximate surface area is 274 Å². The van der Waals surface area contributed by atoms with Gasteiger partial charge in [-0.05, 0) is 51.6 Å². The van der Waals surface area contributed by atoms with E-state index in [0.29, 0.717) is 17.5 Å². The van der Waals surface area contributed by atoms with Crippen molar-refractivity contribution in [3.05, 3.63) is 163 Å². The number of benzene rings is 6. The lowest BCUT2D eigenvalue weighted by Gasteiger charge is -2.35. The predicted molar refractivity (Wildman–Crippen MR) is 190 cm³/mol. The van der Waals surface area contributed by atoms with Gasteiger partial charge in [0.1, 0.15) is 0 Å². The fraction of sp³-hybridized carbons (Fsp3) is 0.0714. The van der Waals surface area contributed by atoms with Gasteiger partial charge >= 0.3 is 0 Å². The summed E-state index contributed by atoms with van der Waals surface area (Å²) in [6.45, 7) is 4.65. The molecule has 46 heavy (non-hydrogen) atoms. The maximum absolute atomic E-state index is 5.11. The molecular formula is C42H31N3S. The van der Waals surface area contributed by atoms with Gasteiger partial charge < -0.3 is 0 Å². The van der Waals surface area contributed by atoms with Crippen molar-refractivity contribution < 1.29 is 0 Å². The first-order chi connectivity index (χ1) is 22.5. The largest absolute Gasteiger partial charge is 0.208 e. The van der Waals surface area contributed by atoms with Crippen molar-refractivity contribution in [3.63, 3.8) is 0 Å². The van der Waals surface area contributed by atoms with Crippen LogP contribution >= 0.6 is 11.8 Å². The van der Waals surface area contributed by atoms with E-state index in [-0.39, 0.29) is 5.41 Å². The first-order valence-electron chi connectivity index (χ1n) is 15.5. The Bertz CT molecular complexity index is 2190. The van der Waals surface area contributed by atoms with Gasteiger partial charge in [0.25, 0.3) is 0 Å². The van der Waals surface area contributed by atoms with E-state index in [9.17, 15) is 0 Å². The smallest absolute Gasteiger partial charge is 0.164 e. The highest BCUT2D eigenvalue weighted by Gasteiger charge is 2.33. The Kier molecular flexibility index (Phi) is 7.08. The third kappa shape index (κ3) is 5.11. The summed E-state index contributed by atoms with van der Waals surface area (Å²) < 4.78 is 0. The van der Waals surface area contributed by atoms with E-state index in [4.69, 9.17) is 15.0 Å². The summed E-state index contributed by atoms with van der Waals surface area (Å²) in [4.78, 5) is 17.8. The fourth-order valence-corrected chi connectivity index (χ4v) is 7.70. The molecule has 0 fully saturated rings. The van der Waals surface area contributed by atoms with E-state index in [1.165, 1.54) is 26.5 Å². The van der Waals surface area contributed by atoms with Gasteiger partial charge in [0.05, 0.1) is 0 Å². The summed E-state index contributed by atoms with van der Waals surface area (Å²) in [6, 6.07) is 53.1. The third-order valence-corrected chi connectivity index (χ3v) is 9.98. The van der Waals surface area contributed by atoms with E-state index < -0.39 is 0 Å². The number of aromatic nitrogens is 3. The van der Waals surface area contributed by atoms with Gasteiger partial charge in [-0.15, -0.1) is 0 Å². The highest BCUT2D eigenvalue weighted by molar-refractivity contribution is 7.99. The number of hydrogen-bond acceptors (Lipinski definition) is 4. The second-order valence-electron chi connectivity index (χ2n) is 12.1. The molecule has 0 saturated carbocycles. The van der Waals surface area contributed by atoms with Crippen LogP contribution in [0, 0.1) is 0 Å². The Morgan fingerprint density at radius 1 is 0.391 bits per heavy atom. The molecule has 0 aliphatic carbocycles. The maximum atomic E-state index is 5.11. The third-order valence-electron chi connectivity index (χ3n) is 8.83. The zero-order valence-corrected chi connectivity index (χ0v) is 26.5. The molecule has 7 aromatic rings. The molecule has 3 nitrogen and oxygen atoms in total. The minimum Gasteiger partial charge on any atom is -0.208 e. The molecular weight excluding hydrogens is 579 g/mol. The van der Waals surface area contributed by atoms with Gasteiger partial charge in [0.15, 0.2) is 17.5 Å². The summed E-state index contributed by atoms with van der Waals surface area (Å²) >= 11 is 1.85. The van der Waals surface area contributed by atoms with Gasteiger partial charge in [-0.1, -0.05) is 159 Å². The molecule has 0 amide bonds. The molecule has 0 atom stereocenters. The predicted octanol–water partition coefficient (Wildman–Crippen LogP) is 11.0. The first-order valence-corrected chi connectivity index (χ1v) is 16.4. The first kappa shape index (κ1) is 28.2. The molecule has 6 aromatic carbocycles. The van der Waals surface area contributed by atoms with Crippen molar-refractivity contribution in [3.8, 4) is 56.4 Å². The molecule has 0 saturated heterocycles. The Hall–Kier alpha value is -5.32. The minimum absolute atomic E-state index is 0.116. The second kappa shape index (κ2) is 11.6. The highest BCUT2D eigenvalue weighted by Crippen LogP contribution is 2.50. The molecule has 0 radical (unpaired) electrons. The Morgan fingerprint density at radius 2 is 0.870 bits per heavy atom. The molecule has 0 bridgehead atoms. The van der Waals surface area contributed by atoms with Gasteiger partial charge in [-0.2, -0.15) is 0 Å². The summed E-state index contributed by atoms with van der Waals surface area (Å²) in [5.74, 6) is 1.96. The molecule has 1 aromatic heterocycles. The summed E-state index contributed by atoms with van der Waals surface area (Å²) in [6.07, 6.45) is 0. The van der Waals surface area contributed by atoms with Crippen LogP contribution in [0.1, 0.15) is 25.0 Å². The quantitative estimate of drug-likeness (QED) is 0.195. The van der Waals surface area contributed by atoms with Crippen LogP contribution in [-0.4, -0.2) is 15.0 Å². The fourth-order valence-electron chi connectivity index (χ4n) is 6.32. The molecule has 0 unspecified atom stereocenters. The van der Waals surface area contributed by atoms with E-state index >= 15 is 0 Å². The SMILES string of the molecule is CC1(C)c2ccccc2Sc2ccc(-c3ccccc3-c3nc(-c4ccccc4)nc(-c4ccc(-c5ccccc5)cc4)n3)cc21. The number of hydrogen-bond donors (Lipinski definition) is 0. The van der Waals surface area contributed by atoms with Crippen molar-refractivity contribution in [2.24, 2.45) is 0 Å². The molecule has 0 spiro atoms. The van der Waals surface area contributed by atoms with Crippen LogP contribution in [0.15, 0.2) is 161 Å². The van der Waals surface area contributed by atoms with E-state index in [1.54, 1.807) is 0 Å². The van der Waals surface area contributed by atoms with Gasteiger partial charge in [-0.3, -0.25) is 0 Å². The zero-order valence-electron chi connectivity index (χ0n) is 25.7. The normalized spacial score (nSPS) is 13.1. The van der Waals surface area contributed by atoms with E-state index in [2.05, 4.69) is 129 Å². The van der Waals surface area contributed by atoms with Crippen LogP contribution in [-0.2, 0) is 5.41 Å². The van der Waals surface area contributed by atoms with Gasteiger partial charge in [0.2, 0.25) is 0 Å². The molecule has 4 heteroatoms. The maximum Gasteiger partial charge on any atom is 0.164 e. The van der Waals surface area contributed by atoms with Gasteiger partial charge in [-0.25, -0.2) is 15.0 Å². The lowest BCUT2D eigenvalue weighted by atomic mass is 9.77. The van der Waals surface area contributed by atoms with Crippen molar-refractivity contribution in [2.75, 3.05) is 0 Å². The van der Waals surface area contributed by atoms with Crippen molar-refractivity contribution in [2.45, 2.75) is 29.1 Å². The van der Waals surface area contributed by atoms with E-state index in [0.717, 1.165) is 33.4 Å². The molecule has 220 valence electrons. The number of rotatable bonds is 5. The molecule has 8 rings (SSSR count). The monoisotopic (exact) mass is 609 g/mol. The van der Waals surface area contributed by atoms with Crippen LogP contribution in [0.2, 0.25) is 0 Å². The molecule has 2 heterocycles. The van der Waals surface area contributed by atoms with Crippen LogP contribution in [0.4, 0.5) is 0 Å². The second-order valence-corrected chi connectivity index (χ2v) is 13.2. The molecule has 0 N–H and O–H groups in total. The van der Waals surface area contributed by atoms with Crippen LogP contribution in [0.25, 0.3) is 56.4 Å².